The van der Waals surface area contributed by atoms with Crippen molar-refractivity contribution in [2.24, 2.45) is 0 Å². The number of hydrogen-bond donors (Lipinski definition) is 0. The van der Waals surface area contributed by atoms with Crippen LogP contribution in [0.1, 0.15) is 18.2 Å². The minimum atomic E-state index is -0.493. The molecule has 0 radical (unpaired) electrons. The summed E-state index contributed by atoms with van der Waals surface area (Å²) in [7, 11) is 0. The Labute approximate surface area is 98.2 Å². The first kappa shape index (κ1) is 12.9. The van der Waals surface area contributed by atoms with Crippen molar-refractivity contribution in [2.45, 2.75) is 20.0 Å². The number of rotatable bonds is 7. The first-order chi connectivity index (χ1) is 7.72. The number of Topliss-reactive ketones (excluding diaryl/α,β-unsaturated/α-hetero) is 1. The van der Waals surface area contributed by atoms with Crippen LogP contribution in [0.3, 0.4) is 0 Å². The second kappa shape index (κ2) is 7.14. The highest BCUT2D eigenvalue weighted by molar-refractivity contribution is 7.09. The van der Waals surface area contributed by atoms with Crippen molar-refractivity contribution in [3.05, 3.63) is 22.4 Å². The summed E-state index contributed by atoms with van der Waals surface area (Å²) in [6.45, 7) is 2.36. The molecule has 16 heavy (non-hydrogen) atoms. The molecule has 1 rings (SSSR count). The van der Waals surface area contributed by atoms with Crippen LogP contribution in [-0.2, 0) is 25.7 Å². The molecule has 0 N–H and O–H groups in total. The Bertz CT molecular complexity index is 332. The summed E-state index contributed by atoms with van der Waals surface area (Å²) in [6, 6.07) is 3.85. The summed E-state index contributed by atoms with van der Waals surface area (Å²) in [5.41, 5.74) is 0. The molecule has 1 aromatic heterocycles. The van der Waals surface area contributed by atoms with Gasteiger partial charge in [0.15, 0.2) is 5.78 Å². The predicted octanol–water partition coefficient (Wildman–Crippen LogP) is 1.79. The van der Waals surface area contributed by atoms with Gasteiger partial charge < -0.3 is 9.47 Å². The highest BCUT2D eigenvalue weighted by Crippen LogP contribution is 2.09. The Hall–Kier alpha value is -1.20. The Morgan fingerprint density at radius 3 is 2.88 bits per heavy atom. The molecule has 5 heteroatoms. The molecule has 0 saturated carbocycles. The zero-order chi connectivity index (χ0) is 11.8. The van der Waals surface area contributed by atoms with Crippen LogP contribution < -0.4 is 0 Å². The highest BCUT2D eigenvalue weighted by atomic mass is 32.1. The number of hydrogen-bond acceptors (Lipinski definition) is 5. The maximum atomic E-state index is 11.2. The van der Waals surface area contributed by atoms with Crippen molar-refractivity contribution in [3.63, 3.8) is 0 Å². The van der Waals surface area contributed by atoms with Gasteiger partial charge in [-0.05, 0) is 18.4 Å². The van der Waals surface area contributed by atoms with E-state index in [1.807, 2.05) is 17.5 Å². The van der Waals surface area contributed by atoms with E-state index in [9.17, 15) is 9.59 Å². The molecule has 0 atom stereocenters. The van der Waals surface area contributed by atoms with Crippen LogP contribution in [0.5, 0.6) is 0 Å². The number of thiophene rings is 1. The summed E-state index contributed by atoms with van der Waals surface area (Å²) in [5.74, 6) is -0.748. The molecular weight excluding hydrogens is 228 g/mol. The smallest absolute Gasteiger partial charge is 0.313 e. The minimum absolute atomic E-state index is 0.0449. The lowest BCUT2D eigenvalue weighted by Gasteiger charge is -2.02. The fourth-order valence-corrected chi connectivity index (χ4v) is 1.72. The molecule has 0 saturated heterocycles. The molecule has 0 amide bonds. The quantitative estimate of drug-likeness (QED) is 0.540. The van der Waals surface area contributed by atoms with Crippen LogP contribution in [0, 0.1) is 0 Å². The van der Waals surface area contributed by atoms with Gasteiger partial charge in [-0.25, -0.2) is 0 Å². The van der Waals surface area contributed by atoms with E-state index < -0.39 is 5.97 Å². The normalized spacial score (nSPS) is 10.1. The Kier molecular flexibility index (Phi) is 5.74. The monoisotopic (exact) mass is 242 g/mol. The molecular formula is C11H14O4S. The van der Waals surface area contributed by atoms with Gasteiger partial charge in [-0.1, -0.05) is 6.07 Å². The van der Waals surface area contributed by atoms with Crippen LogP contribution in [0.15, 0.2) is 17.5 Å². The van der Waals surface area contributed by atoms with Crippen molar-refractivity contribution < 1.29 is 19.1 Å². The average molecular weight is 242 g/mol. The lowest BCUT2D eigenvalue weighted by molar-refractivity contribution is -0.146. The average Bonchev–Trinajstić information content (AvgIpc) is 2.70. The van der Waals surface area contributed by atoms with E-state index in [0.29, 0.717) is 13.2 Å². The Morgan fingerprint density at radius 1 is 1.44 bits per heavy atom. The molecule has 0 aromatic carbocycles. The third-order valence-electron chi connectivity index (χ3n) is 1.73. The minimum Gasteiger partial charge on any atom is -0.466 e. The zero-order valence-electron chi connectivity index (χ0n) is 9.10. The number of ether oxygens (including phenoxy) is 2. The van der Waals surface area contributed by atoms with Crippen molar-refractivity contribution in [2.75, 3.05) is 13.2 Å². The fourth-order valence-electron chi connectivity index (χ4n) is 1.08. The standard InChI is InChI=1S/C11H14O4S/c1-2-15-11(13)6-9(12)7-14-8-10-4-3-5-16-10/h3-5H,2,6-8H2,1H3. The molecule has 4 nitrogen and oxygen atoms in total. The van der Waals surface area contributed by atoms with Crippen LogP contribution in [0.4, 0.5) is 0 Å². The van der Waals surface area contributed by atoms with Gasteiger partial charge in [-0.3, -0.25) is 9.59 Å². The van der Waals surface area contributed by atoms with Gasteiger partial charge in [0, 0.05) is 4.88 Å². The van der Waals surface area contributed by atoms with E-state index in [0.717, 1.165) is 4.88 Å². The lowest BCUT2D eigenvalue weighted by Crippen LogP contribution is -2.15. The van der Waals surface area contributed by atoms with Gasteiger partial charge >= 0.3 is 5.97 Å². The number of carbonyl (C=O) groups excluding carboxylic acids is 2. The van der Waals surface area contributed by atoms with Crippen LogP contribution in [-0.4, -0.2) is 25.0 Å². The molecule has 0 bridgehead atoms. The Balaban J connectivity index is 2.13. The van der Waals surface area contributed by atoms with Crippen LogP contribution >= 0.6 is 11.3 Å². The van der Waals surface area contributed by atoms with Crippen LogP contribution in [0.25, 0.3) is 0 Å². The first-order valence-electron chi connectivity index (χ1n) is 4.99. The van der Waals surface area contributed by atoms with Gasteiger partial charge in [0.1, 0.15) is 13.0 Å². The van der Waals surface area contributed by atoms with E-state index in [-0.39, 0.29) is 18.8 Å². The molecule has 0 aliphatic heterocycles. The first-order valence-corrected chi connectivity index (χ1v) is 5.87. The SMILES string of the molecule is CCOC(=O)CC(=O)COCc1cccs1. The van der Waals surface area contributed by atoms with Gasteiger partial charge in [0.2, 0.25) is 0 Å². The second-order valence-electron chi connectivity index (χ2n) is 3.09. The van der Waals surface area contributed by atoms with Crippen molar-refractivity contribution in [1.82, 2.24) is 0 Å². The third-order valence-corrected chi connectivity index (χ3v) is 2.58. The van der Waals surface area contributed by atoms with Gasteiger partial charge in [0.05, 0.1) is 13.2 Å². The predicted molar refractivity (Wildman–Crippen MR) is 60.2 cm³/mol. The summed E-state index contributed by atoms with van der Waals surface area (Å²) < 4.78 is 9.82. The van der Waals surface area contributed by atoms with Gasteiger partial charge in [0.25, 0.3) is 0 Å². The number of ketones is 1. The molecule has 1 aromatic rings. The second-order valence-corrected chi connectivity index (χ2v) is 4.12. The summed E-state index contributed by atoms with van der Waals surface area (Å²) in [5, 5.41) is 1.94. The van der Waals surface area contributed by atoms with Crippen molar-refractivity contribution in [3.8, 4) is 0 Å². The van der Waals surface area contributed by atoms with Crippen molar-refractivity contribution >= 4 is 23.1 Å². The van der Waals surface area contributed by atoms with E-state index in [1.54, 1.807) is 18.3 Å². The Morgan fingerprint density at radius 2 is 2.25 bits per heavy atom. The summed E-state index contributed by atoms with van der Waals surface area (Å²) >= 11 is 1.57. The number of esters is 1. The molecule has 1 heterocycles. The van der Waals surface area contributed by atoms with E-state index in [4.69, 9.17) is 4.74 Å². The third kappa shape index (κ3) is 5.04. The zero-order valence-corrected chi connectivity index (χ0v) is 9.92. The van der Waals surface area contributed by atoms with Gasteiger partial charge in [-0.2, -0.15) is 0 Å². The molecule has 0 spiro atoms. The molecule has 0 unspecified atom stereocenters. The van der Waals surface area contributed by atoms with E-state index in [2.05, 4.69) is 4.74 Å². The van der Waals surface area contributed by atoms with Gasteiger partial charge in [-0.15, -0.1) is 11.3 Å². The molecule has 0 fully saturated rings. The maximum absolute atomic E-state index is 11.2. The highest BCUT2D eigenvalue weighted by Gasteiger charge is 2.10. The van der Waals surface area contributed by atoms with Crippen molar-refractivity contribution in [1.29, 1.82) is 0 Å². The van der Waals surface area contributed by atoms with E-state index >= 15 is 0 Å². The fraction of sp³-hybridized carbons (Fsp3) is 0.455. The lowest BCUT2D eigenvalue weighted by atomic mass is 10.3. The molecule has 0 aliphatic rings. The summed E-state index contributed by atoms with van der Waals surface area (Å²) in [4.78, 5) is 23.2. The maximum Gasteiger partial charge on any atom is 0.313 e. The van der Waals surface area contributed by atoms with E-state index in [1.165, 1.54) is 0 Å². The summed E-state index contributed by atoms with van der Waals surface area (Å²) in [6.07, 6.45) is -0.210. The van der Waals surface area contributed by atoms with Crippen LogP contribution in [0.2, 0.25) is 0 Å². The largest absolute Gasteiger partial charge is 0.466 e. The topological polar surface area (TPSA) is 52.6 Å². The number of carbonyl (C=O) groups is 2. The molecule has 88 valence electrons. The molecule has 0 aliphatic carbocycles.